The maximum Gasteiger partial charge on any atom is 0.407 e. The van der Waals surface area contributed by atoms with E-state index in [1.165, 1.54) is 0 Å². The van der Waals surface area contributed by atoms with E-state index in [2.05, 4.69) is 11.9 Å². The zero-order valence-electron chi connectivity index (χ0n) is 19.8. The first-order valence-electron chi connectivity index (χ1n) is 12.0. The molecule has 0 heterocycles. The lowest BCUT2D eigenvalue weighted by Gasteiger charge is -2.07. The standard InChI is InChI=1S/C27H35NO6/c1-2-25(29)32-20-17-28-27(31)34-19-12-8-6-4-3-5-7-11-18-33-26(30)24-16-15-22-13-9-10-14-23(22)21-24/h2,9-10,13-16,21H,1,3-8,11-12,17-20H2,(H,28,31). The third kappa shape index (κ3) is 11.0. The van der Waals surface area contributed by atoms with Gasteiger partial charge in [-0.3, -0.25) is 0 Å². The summed E-state index contributed by atoms with van der Waals surface area (Å²) in [6.07, 6.45) is 8.80. The van der Waals surface area contributed by atoms with Gasteiger partial charge >= 0.3 is 18.0 Å². The Kier molecular flexibility index (Phi) is 12.9. The van der Waals surface area contributed by atoms with E-state index in [9.17, 15) is 14.4 Å². The van der Waals surface area contributed by atoms with Crippen molar-refractivity contribution in [1.29, 1.82) is 0 Å². The van der Waals surface area contributed by atoms with E-state index in [1.807, 2.05) is 42.5 Å². The number of alkyl carbamates (subject to hydrolysis) is 1. The molecule has 7 nitrogen and oxygen atoms in total. The predicted octanol–water partition coefficient (Wildman–Crippen LogP) is 5.57. The number of esters is 2. The Morgan fingerprint density at radius 2 is 1.35 bits per heavy atom. The Morgan fingerprint density at radius 3 is 2.03 bits per heavy atom. The van der Waals surface area contributed by atoms with Gasteiger partial charge in [-0.1, -0.05) is 75.4 Å². The fourth-order valence-corrected chi connectivity index (χ4v) is 3.41. The molecule has 1 N–H and O–H groups in total. The highest BCUT2D eigenvalue weighted by molar-refractivity contribution is 5.95. The lowest BCUT2D eigenvalue weighted by molar-refractivity contribution is -0.137. The normalized spacial score (nSPS) is 10.5. The van der Waals surface area contributed by atoms with Crippen molar-refractivity contribution >= 4 is 28.8 Å². The van der Waals surface area contributed by atoms with Gasteiger partial charge in [0.15, 0.2) is 0 Å². The number of rotatable bonds is 16. The molecule has 0 aromatic heterocycles. The maximum atomic E-state index is 12.2. The molecule has 0 atom stereocenters. The molecule has 0 aliphatic carbocycles. The number of fused-ring (bicyclic) bond motifs is 1. The van der Waals surface area contributed by atoms with E-state index in [-0.39, 0.29) is 19.1 Å². The second-order valence-electron chi connectivity index (χ2n) is 7.96. The molecule has 7 heteroatoms. The number of nitrogens with one attached hydrogen (secondary N) is 1. The average Bonchev–Trinajstić information content (AvgIpc) is 2.86. The highest BCUT2D eigenvalue weighted by atomic mass is 16.6. The first kappa shape index (κ1) is 26.9. The number of benzene rings is 2. The molecule has 0 saturated carbocycles. The molecule has 2 aromatic rings. The van der Waals surface area contributed by atoms with Gasteiger partial charge in [0.05, 0.1) is 25.3 Å². The zero-order valence-corrected chi connectivity index (χ0v) is 19.8. The van der Waals surface area contributed by atoms with Crippen LogP contribution in [0, 0.1) is 0 Å². The van der Waals surface area contributed by atoms with Crippen molar-refractivity contribution in [3.8, 4) is 0 Å². The summed E-state index contributed by atoms with van der Waals surface area (Å²) in [4.78, 5) is 34.5. The van der Waals surface area contributed by atoms with Crippen LogP contribution in [0.3, 0.4) is 0 Å². The number of ether oxygens (including phenoxy) is 3. The van der Waals surface area contributed by atoms with Crippen LogP contribution in [-0.4, -0.2) is 44.4 Å². The van der Waals surface area contributed by atoms with Crippen LogP contribution in [0.25, 0.3) is 10.8 Å². The van der Waals surface area contributed by atoms with Crippen LogP contribution < -0.4 is 5.32 Å². The van der Waals surface area contributed by atoms with Crippen molar-refractivity contribution in [2.75, 3.05) is 26.4 Å². The topological polar surface area (TPSA) is 90.9 Å². The minimum atomic E-state index is -0.518. The molecule has 0 radical (unpaired) electrons. The molecule has 0 aliphatic rings. The van der Waals surface area contributed by atoms with Crippen LogP contribution >= 0.6 is 0 Å². The molecular weight excluding hydrogens is 434 g/mol. The zero-order chi connectivity index (χ0) is 24.4. The van der Waals surface area contributed by atoms with Crippen LogP contribution in [0.15, 0.2) is 55.1 Å². The number of amides is 1. The third-order valence-corrected chi connectivity index (χ3v) is 5.27. The lowest BCUT2D eigenvalue weighted by atomic mass is 10.1. The number of hydrogen-bond donors (Lipinski definition) is 1. The van der Waals surface area contributed by atoms with Crippen LogP contribution in [0.1, 0.15) is 61.7 Å². The number of carbonyl (C=O) groups excluding carboxylic acids is 3. The SMILES string of the molecule is C=CC(=O)OCCNC(=O)OCCCCCCCCCCOC(=O)c1ccc2ccccc2c1. The molecule has 0 spiro atoms. The predicted molar refractivity (Wildman–Crippen MR) is 132 cm³/mol. The van der Waals surface area contributed by atoms with Gasteiger partial charge in [0.1, 0.15) is 6.61 Å². The van der Waals surface area contributed by atoms with Crippen molar-refractivity contribution < 1.29 is 28.6 Å². The van der Waals surface area contributed by atoms with E-state index < -0.39 is 12.1 Å². The second-order valence-corrected chi connectivity index (χ2v) is 7.96. The summed E-state index contributed by atoms with van der Waals surface area (Å²) in [7, 11) is 0. The van der Waals surface area contributed by atoms with Crippen molar-refractivity contribution in [3.05, 3.63) is 60.7 Å². The fourth-order valence-electron chi connectivity index (χ4n) is 3.41. The Morgan fingerprint density at radius 1 is 0.735 bits per heavy atom. The number of unbranched alkanes of at least 4 members (excludes halogenated alkanes) is 7. The molecule has 34 heavy (non-hydrogen) atoms. The summed E-state index contributed by atoms with van der Waals surface area (Å²) < 4.78 is 15.2. The van der Waals surface area contributed by atoms with E-state index in [4.69, 9.17) is 14.2 Å². The van der Waals surface area contributed by atoms with Crippen LogP contribution in [-0.2, 0) is 19.0 Å². The smallest absolute Gasteiger partial charge is 0.407 e. The highest BCUT2D eigenvalue weighted by Gasteiger charge is 2.07. The number of carbonyl (C=O) groups is 3. The van der Waals surface area contributed by atoms with E-state index in [0.717, 1.165) is 68.2 Å². The molecule has 0 saturated heterocycles. The molecule has 0 unspecified atom stereocenters. The second kappa shape index (κ2) is 16.3. The highest BCUT2D eigenvalue weighted by Crippen LogP contribution is 2.16. The summed E-state index contributed by atoms with van der Waals surface area (Å²) in [5.74, 6) is -0.784. The molecule has 1 amide bonds. The molecule has 0 fully saturated rings. The van der Waals surface area contributed by atoms with Crippen LogP contribution in [0.2, 0.25) is 0 Å². The van der Waals surface area contributed by atoms with Crippen molar-refractivity contribution in [1.82, 2.24) is 5.32 Å². The van der Waals surface area contributed by atoms with Gasteiger partial charge in [-0.2, -0.15) is 0 Å². The summed E-state index contributed by atoms with van der Waals surface area (Å²) >= 11 is 0. The molecular formula is C27H35NO6. The minimum absolute atomic E-state index is 0.0901. The first-order chi connectivity index (χ1) is 16.6. The van der Waals surface area contributed by atoms with Gasteiger partial charge in [-0.05, 0) is 35.7 Å². The fraction of sp³-hybridized carbons (Fsp3) is 0.444. The maximum absolute atomic E-state index is 12.2. The lowest BCUT2D eigenvalue weighted by Crippen LogP contribution is -2.28. The molecule has 184 valence electrons. The van der Waals surface area contributed by atoms with Gasteiger partial charge in [-0.15, -0.1) is 0 Å². The molecule has 0 bridgehead atoms. The summed E-state index contributed by atoms with van der Waals surface area (Å²) in [5.41, 5.74) is 0.592. The van der Waals surface area contributed by atoms with Gasteiger partial charge in [0.25, 0.3) is 0 Å². The summed E-state index contributed by atoms with van der Waals surface area (Å²) in [6.45, 7) is 4.41. The average molecular weight is 470 g/mol. The van der Waals surface area contributed by atoms with Gasteiger partial charge < -0.3 is 19.5 Å². The largest absolute Gasteiger partial charge is 0.462 e. The number of hydrogen-bond acceptors (Lipinski definition) is 6. The van der Waals surface area contributed by atoms with E-state index in [1.54, 1.807) is 0 Å². The molecule has 2 rings (SSSR count). The monoisotopic (exact) mass is 469 g/mol. The molecule has 2 aromatic carbocycles. The third-order valence-electron chi connectivity index (χ3n) is 5.27. The van der Waals surface area contributed by atoms with Gasteiger partial charge in [0, 0.05) is 6.08 Å². The van der Waals surface area contributed by atoms with Gasteiger partial charge in [-0.25, -0.2) is 14.4 Å². The van der Waals surface area contributed by atoms with E-state index in [0.29, 0.717) is 18.8 Å². The van der Waals surface area contributed by atoms with Crippen LogP contribution in [0.4, 0.5) is 4.79 Å². The Balaban J connectivity index is 1.38. The summed E-state index contributed by atoms with van der Waals surface area (Å²) in [6, 6.07) is 13.6. The Labute approximate surface area is 201 Å². The van der Waals surface area contributed by atoms with Gasteiger partial charge in [0.2, 0.25) is 0 Å². The quantitative estimate of drug-likeness (QED) is 0.150. The van der Waals surface area contributed by atoms with Crippen molar-refractivity contribution in [2.24, 2.45) is 0 Å². The van der Waals surface area contributed by atoms with Crippen molar-refractivity contribution in [3.63, 3.8) is 0 Å². The summed E-state index contributed by atoms with van der Waals surface area (Å²) in [5, 5.41) is 4.66. The Bertz CT molecular complexity index is 926. The van der Waals surface area contributed by atoms with Crippen LogP contribution in [0.5, 0.6) is 0 Å². The molecule has 0 aliphatic heterocycles. The Hall–Kier alpha value is -3.35. The first-order valence-corrected chi connectivity index (χ1v) is 12.0. The van der Waals surface area contributed by atoms with E-state index >= 15 is 0 Å². The van der Waals surface area contributed by atoms with Crippen molar-refractivity contribution in [2.45, 2.75) is 51.4 Å². The minimum Gasteiger partial charge on any atom is -0.462 e.